The van der Waals surface area contributed by atoms with E-state index in [1.165, 1.54) is 78.0 Å². The van der Waals surface area contributed by atoms with Gasteiger partial charge < -0.3 is 30.6 Å². The Balaban J connectivity index is -0.000000155. The topological polar surface area (TPSA) is 292 Å². The fraction of sp³-hybridized carbons (Fsp3) is 0.581. The summed E-state index contributed by atoms with van der Waals surface area (Å²) in [6, 6.07) is 3.51. The van der Waals surface area contributed by atoms with Crippen LogP contribution in [0, 0.1) is 74.6 Å². The molecule has 460 valence electrons. The Bertz CT molecular complexity index is 1820. The molecule has 0 saturated carbocycles. The minimum Gasteiger partial charge on any atom is -0.876 e. The van der Waals surface area contributed by atoms with E-state index in [1.54, 1.807) is 36.9 Å². The molecule has 0 spiro atoms. The third-order valence-electron chi connectivity index (χ3n) is 9.68. The Kier molecular flexibility index (Phi) is 75.6. The van der Waals surface area contributed by atoms with Gasteiger partial charge in [0.2, 0.25) is 0 Å². The monoisotopic (exact) mass is 1420 g/mol. The van der Waals surface area contributed by atoms with Crippen LogP contribution in [0.3, 0.4) is 0 Å². The van der Waals surface area contributed by atoms with Crippen LogP contribution in [0.1, 0.15) is 237 Å². The molecule has 18 heteroatoms. The van der Waals surface area contributed by atoms with Crippen LogP contribution < -0.4 is 30.6 Å². The van der Waals surface area contributed by atoms with Gasteiger partial charge in [0.1, 0.15) is 0 Å². The number of unbranched alkanes of at least 4 members (excludes halogenated alkanes) is 12. The van der Waals surface area contributed by atoms with Gasteiger partial charge in [-0.05, 0) is 101 Å². The molecule has 0 saturated heterocycles. The number of carbonyl (C=O) groups is 6. The first-order chi connectivity index (χ1) is 36.9. The first-order valence-electron chi connectivity index (χ1n) is 27.8. The van der Waals surface area contributed by atoms with Crippen LogP contribution in [0.5, 0.6) is 0 Å². The predicted molar refractivity (Wildman–Crippen MR) is 300 cm³/mol. The van der Waals surface area contributed by atoms with Gasteiger partial charge in [-0.3, -0.25) is 28.8 Å². The molecular weight excluding hydrogens is 1330 g/mol. The van der Waals surface area contributed by atoms with Gasteiger partial charge in [0.15, 0.2) is 46.3 Å². The maximum atomic E-state index is 10.9. The van der Waals surface area contributed by atoms with E-state index in [1.807, 2.05) is 0 Å². The summed E-state index contributed by atoms with van der Waals surface area (Å²) in [5.41, 5.74) is 0. The average Bonchev–Trinajstić information content (AvgIpc) is 3.35. The van der Waals surface area contributed by atoms with E-state index in [2.05, 4.69) is 61.5 Å². The minimum absolute atomic E-state index is 0. The quantitative estimate of drug-likeness (QED) is 0.0386. The average molecular weight is 1420 g/mol. The maximum absolute atomic E-state index is 10.9. The molecule has 0 aromatic carbocycles. The molecule has 0 amide bonds. The van der Waals surface area contributed by atoms with E-state index in [4.69, 9.17) is 0 Å². The van der Waals surface area contributed by atoms with Crippen molar-refractivity contribution in [3.05, 3.63) is 108 Å². The van der Waals surface area contributed by atoms with Crippen LogP contribution in [-0.2, 0) is 28.8 Å². The summed E-state index contributed by atoms with van der Waals surface area (Å²) in [7, 11) is 0. The summed E-state index contributed by atoms with van der Waals surface area (Å²) in [6.45, 7) is 20.9. The first-order valence-corrected chi connectivity index (χ1v) is 27.8. The van der Waals surface area contributed by atoms with Crippen LogP contribution in [0.2, 0.25) is 0 Å². The van der Waals surface area contributed by atoms with Gasteiger partial charge in [0.05, 0.1) is 0 Å². The smallest absolute Gasteiger partial charge is 0.876 e. The van der Waals surface area contributed by atoms with E-state index in [0.717, 1.165) is 116 Å². The molecule has 0 bridgehead atoms. The van der Waals surface area contributed by atoms with Gasteiger partial charge in [-0.15, -0.1) is 34.6 Å². The SMILES string of the molecule is CCCCC/C([O-])=C/C(C)=O.CCCCC/C([O-])=C/C(C)=O.CCCCCC(=O)/C=C(/C)[O-].CCCCCC(=O)/C=C(/C)[O-].CCCCCC(=O)/C=C(/C)[O-].CCCCCC(=O)/C=C(/C)[O-].[Er+3].[Er+3].c1cnc(-c2ncccn2)nc1. The van der Waals surface area contributed by atoms with Crippen LogP contribution in [0.4, 0.5) is 0 Å². The van der Waals surface area contributed by atoms with Crippen LogP contribution in [0.25, 0.3) is 11.6 Å². The first kappa shape index (κ1) is 89.7. The number of aromatic nitrogens is 4. The number of nitrogens with zero attached hydrogens (tertiary/aromatic N) is 4. The van der Waals surface area contributed by atoms with E-state index in [0.29, 0.717) is 50.2 Å². The predicted octanol–water partition coefficient (Wildman–Crippen LogP) is 9.33. The van der Waals surface area contributed by atoms with E-state index >= 15 is 0 Å². The van der Waals surface area contributed by atoms with E-state index in [9.17, 15) is 59.4 Å². The maximum Gasteiger partial charge on any atom is 3.00 e. The molecule has 0 aliphatic carbocycles. The van der Waals surface area contributed by atoms with Crippen molar-refractivity contribution in [1.82, 2.24) is 19.9 Å². The van der Waals surface area contributed by atoms with Crippen molar-refractivity contribution >= 4 is 34.7 Å². The van der Waals surface area contributed by atoms with Gasteiger partial charge in [-0.2, -0.15) is 0 Å². The summed E-state index contributed by atoms with van der Waals surface area (Å²) >= 11 is 0. The van der Waals surface area contributed by atoms with Crippen LogP contribution >= 0.6 is 0 Å². The fourth-order valence-electron chi connectivity index (χ4n) is 5.92. The van der Waals surface area contributed by atoms with Crippen molar-refractivity contribution in [2.75, 3.05) is 0 Å². The summed E-state index contributed by atoms with van der Waals surface area (Å²) in [4.78, 5) is 80.3. The summed E-state index contributed by atoms with van der Waals surface area (Å²) in [6.07, 6.45) is 35.3. The molecule has 0 unspecified atom stereocenters. The molecule has 0 aliphatic heterocycles. The third-order valence-corrected chi connectivity index (χ3v) is 9.68. The molecule has 80 heavy (non-hydrogen) atoms. The van der Waals surface area contributed by atoms with E-state index in [-0.39, 0.29) is 144 Å². The number of ketones is 6. The Labute approximate surface area is 540 Å². The van der Waals surface area contributed by atoms with Gasteiger partial charge >= 0.3 is 74.6 Å². The Hall–Kier alpha value is -4.09. The Morgan fingerprint density at radius 3 is 0.675 bits per heavy atom. The molecule has 2 aromatic heterocycles. The molecule has 0 atom stereocenters. The van der Waals surface area contributed by atoms with Crippen molar-refractivity contribution < 1.29 is 134 Å². The second-order valence-corrected chi connectivity index (χ2v) is 18.2. The summed E-state index contributed by atoms with van der Waals surface area (Å²) in [5, 5.41) is 63.3. The molecule has 2 aromatic rings. The zero-order valence-corrected chi connectivity index (χ0v) is 53.9. The number of hydrogen-bond acceptors (Lipinski definition) is 16. The number of hydrogen-bond donors (Lipinski definition) is 0. The second kappa shape index (κ2) is 67.4. The zero-order valence-electron chi connectivity index (χ0n) is 50.2. The molecular formula is C62H96Er2N4O12. The van der Waals surface area contributed by atoms with Crippen molar-refractivity contribution in [3.8, 4) is 11.6 Å². The van der Waals surface area contributed by atoms with Crippen LogP contribution in [0.15, 0.2) is 108 Å². The fourth-order valence-corrected chi connectivity index (χ4v) is 5.92. The molecule has 2 rings (SSSR count). The number of rotatable bonds is 31. The van der Waals surface area contributed by atoms with Gasteiger partial charge in [-0.25, -0.2) is 19.9 Å². The van der Waals surface area contributed by atoms with Crippen molar-refractivity contribution in [2.45, 2.75) is 237 Å². The second-order valence-electron chi connectivity index (χ2n) is 18.2. The normalized spacial score (nSPS) is 11.1. The van der Waals surface area contributed by atoms with Crippen LogP contribution in [-0.4, -0.2) is 54.6 Å². The van der Waals surface area contributed by atoms with Gasteiger partial charge in [0, 0.05) is 50.5 Å². The zero-order chi connectivity index (χ0) is 60.4. The molecule has 0 aliphatic rings. The largest absolute Gasteiger partial charge is 3.00 e. The van der Waals surface area contributed by atoms with Gasteiger partial charge in [0.25, 0.3) is 0 Å². The van der Waals surface area contributed by atoms with Crippen molar-refractivity contribution in [2.24, 2.45) is 0 Å². The summed E-state index contributed by atoms with van der Waals surface area (Å²) < 4.78 is 0. The number of allylic oxidation sites excluding steroid dienone is 12. The van der Waals surface area contributed by atoms with E-state index < -0.39 is 0 Å². The van der Waals surface area contributed by atoms with Crippen molar-refractivity contribution in [3.63, 3.8) is 0 Å². The van der Waals surface area contributed by atoms with Gasteiger partial charge in [-0.1, -0.05) is 159 Å². The third kappa shape index (κ3) is 80.4. The molecule has 2 radical (unpaired) electrons. The standard InChI is InChI=1S/6C9H16O2.C8H6N4.2Er/c6*1-3-4-5-6-9(11)7-8(2)10;1-3-9-7(10-4-1)8-11-5-2-6-12-8;;/h2*7,11H,3-6H2,1-2H3;4*7,10H,3-6H2,1-2H3;1-6H;;/q;;;;;;;2*+3/p-6/b2*9-7-;4*8-7-;;;. The molecule has 0 fully saturated rings. The molecule has 0 N–H and O–H groups in total. The van der Waals surface area contributed by atoms with Crippen molar-refractivity contribution in [1.29, 1.82) is 0 Å². The molecule has 2 heterocycles. The minimum atomic E-state index is -0.147. The Morgan fingerprint density at radius 1 is 0.325 bits per heavy atom. The summed E-state index contributed by atoms with van der Waals surface area (Å²) in [5.74, 6) is 0.0101. The molecule has 16 nitrogen and oxygen atoms in total. The number of carbonyl (C=O) groups excluding carboxylic acids is 6. The Morgan fingerprint density at radius 2 is 0.512 bits per heavy atom.